The molecule has 2 aromatic carbocycles. The number of carboxylic acids is 1. The third-order valence-electron chi connectivity index (χ3n) is 8.24. The van der Waals surface area contributed by atoms with E-state index in [9.17, 15) is 4.79 Å². The van der Waals surface area contributed by atoms with E-state index in [4.69, 9.17) is 9.84 Å². The number of aryl methyl sites for hydroxylation is 1. The zero-order chi connectivity index (χ0) is 23.2. The minimum Gasteiger partial charge on any atom is -0.496 e. The molecule has 2 aromatic rings. The summed E-state index contributed by atoms with van der Waals surface area (Å²) in [6.07, 6.45) is 13.3. The summed E-state index contributed by atoms with van der Waals surface area (Å²) in [6.45, 7) is 3.98. The molecule has 4 saturated carbocycles. The molecule has 4 aliphatic rings. The van der Waals surface area contributed by atoms with Crippen molar-refractivity contribution in [1.29, 1.82) is 0 Å². The zero-order valence-corrected chi connectivity index (χ0v) is 19.9. The van der Waals surface area contributed by atoms with Crippen molar-refractivity contribution in [3.63, 3.8) is 0 Å². The molecule has 0 aliphatic heterocycles. The predicted octanol–water partition coefficient (Wildman–Crippen LogP) is 7.18. The van der Waals surface area contributed by atoms with Gasteiger partial charge in [0.05, 0.1) is 7.11 Å². The molecule has 172 valence electrons. The summed E-state index contributed by atoms with van der Waals surface area (Å²) in [6, 6.07) is 13.2. The number of benzene rings is 2. The SMILES string of the molecule is COc1cc(C)c(-c2cccc(/C=C/C(C)=C/C(=O)O)c2)cc1C12CC3CC(CC(C3)C1)C2. The van der Waals surface area contributed by atoms with E-state index >= 15 is 0 Å². The van der Waals surface area contributed by atoms with Crippen LogP contribution in [-0.4, -0.2) is 18.2 Å². The minimum absolute atomic E-state index is 0.277. The van der Waals surface area contributed by atoms with Crippen LogP contribution in [0.3, 0.4) is 0 Å². The summed E-state index contributed by atoms with van der Waals surface area (Å²) in [5, 5.41) is 8.94. The topological polar surface area (TPSA) is 46.5 Å². The monoisotopic (exact) mass is 442 g/mol. The molecule has 0 unspecified atom stereocenters. The van der Waals surface area contributed by atoms with E-state index in [1.165, 1.54) is 66.9 Å². The second-order valence-corrected chi connectivity index (χ2v) is 10.8. The molecule has 0 amide bonds. The number of methoxy groups -OCH3 is 1. The van der Waals surface area contributed by atoms with Gasteiger partial charge in [-0.15, -0.1) is 0 Å². The van der Waals surface area contributed by atoms with E-state index in [0.717, 1.165) is 34.6 Å². The maximum absolute atomic E-state index is 10.9. The average Bonchev–Trinajstić information content (AvgIpc) is 2.76. The molecule has 4 aliphatic carbocycles. The van der Waals surface area contributed by atoms with Gasteiger partial charge in [0.15, 0.2) is 0 Å². The lowest BCUT2D eigenvalue weighted by Gasteiger charge is -2.57. The molecule has 0 aromatic heterocycles. The predicted molar refractivity (Wildman–Crippen MR) is 133 cm³/mol. The van der Waals surface area contributed by atoms with Crippen molar-refractivity contribution in [2.45, 2.75) is 57.8 Å². The Labute approximate surface area is 197 Å². The van der Waals surface area contributed by atoms with Gasteiger partial charge in [0.1, 0.15) is 5.75 Å². The highest BCUT2D eigenvalue weighted by Gasteiger charge is 2.52. The zero-order valence-electron chi connectivity index (χ0n) is 19.9. The van der Waals surface area contributed by atoms with Gasteiger partial charge in [0.25, 0.3) is 0 Å². The fraction of sp³-hybridized carbons (Fsp3) is 0.433. The Morgan fingerprint density at radius 1 is 1.06 bits per heavy atom. The Balaban J connectivity index is 1.53. The quantitative estimate of drug-likeness (QED) is 0.381. The number of aliphatic carboxylic acids is 1. The van der Waals surface area contributed by atoms with Crippen LogP contribution in [0.15, 0.2) is 54.1 Å². The van der Waals surface area contributed by atoms with Crippen LogP contribution in [0.5, 0.6) is 5.75 Å². The lowest BCUT2D eigenvalue weighted by molar-refractivity contribution is -0.131. The maximum atomic E-state index is 10.9. The van der Waals surface area contributed by atoms with Gasteiger partial charge in [0.2, 0.25) is 0 Å². The molecule has 33 heavy (non-hydrogen) atoms. The van der Waals surface area contributed by atoms with Gasteiger partial charge in [-0.3, -0.25) is 0 Å². The third kappa shape index (κ3) is 4.26. The van der Waals surface area contributed by atoms with Crippen LogP contribution in [-0.2, 0) is 10.2 Å². The van der Waals surface area contributed by atoms with Crippen LogP contribution in [0.25, 0.3) is 17.2 Å². The number of carboxylic acid groups (broad SMARTS) is 1. The molecule has 4 bridgehead atoms. The first kappa shape index (κ1) is 22.0. The molecule has 0 atom stereocenters. The van der Waals surface area contributed by atoms with Crippen LogP contribution in [0.2, 0.25) is 0 Å². The number of hydrogen-bond donors (Lipinski definition) is 1. The smallest absolute Gasteiger partial charge is 0.328 e. The van der Waals surface area contributed by atoms with E-state index < -0.39 is 5.97 Å². The van der Waals surface area contributed by atoms with Crippen LogP contribution in [0, 0.1) is 24.7 Å². The number of hydrogen-bond acceptors (Lipinski definition) is 2. The highest BCUT2D eigenvalue weighted by Crippen LogP contribution is 2.62. The van der Waals surface area contributed by atoms with Gasteiger partial charge >= 0.3 is 5.97 Å². The van der Waals surface area contributed by atoms with Crippen molar-refractivity contribution < 1.29 is 14.6 Å². The fourth-order valence-electron chi connectivity index (χ4n) is 7.30. The summed E-state index contributed by atoms with van der Waals surface area (Å²) in [5.41, 5.74) is 7.18. The summed E-state index contributed by atoms with van der Waals surface area (Å²) < 4.78 is 5.96. The summed E-state index contributed by atoms with van der Waals surface area (Å²) >= 11 is 0. The van der Waals surface area contributed by atoms with E-state index in [1.54, 1.807) is 6.92 Å². The van der Waals surface area contributed by atoms with Gasteiger partial charge < -0.3 is 9.84 Å². The van der Waals surface area contributed by atoms with Crippen LogP contribution >= 0.6 is 0 Å². The Morgan fingerprint density at radius 3 is 2.33 bits per heavy atom. The summed E-state index contributed by atoms with van der Waals surface area (Å²) in [7, 11) is 1.82. The van der Waals surface area contributed by atoms with Crippen molar-refractivity contribution in [2.75, 3.05) is 7.11 Å². The van der Waals surface area contributed by atoms with Crippen molar-refractivity contribution in [1.82, 2.24) is 0 Å². The second-order valence-electron chi connectivity index (χ2n) is 10.8. The Hall–Kier alpha value is -2.81. The third-order valence-corrected chi connectivity index (χ3v) is 8.24. The van der Waals surface area contributed by atoms with Crippen LogP contribution < -0.4 is 4.74 Å². The van der Waals surface area contributed by atoms with Crippen LogP contribution in [0.4, 0.5) is 0 Å². The van der Waals surface area contributed by atoms with E-state index in [-0.39, 0.29) is 5.41 Å². The van der Waals surface area contributed by atoms with Crippen molar-refractivity contribution in [2.24, 2.45) is 17.8 Å². The molecule has 4 fully saturated rings. The van der Waals surface area contributed by atoms with Gasteiger partial charge in [-0.1, -0.05) is 30.4 Å². The summed E-state index contributed by atoms with van der Waals surface area (Å²) in [4.78, 5) is 10.9. The van der Waals surface area contributed by atoms with Gasteiger partial charge in [-0.05, 0) is 122 Å². The van der Waals surface area contributed by atoms with E-state index in [2.05, 4.69) is 43.3 Å². The number of allylic oxidation sites excluding steroid dienone is 2. The molecule has 6 rings (SSSR count). The molecular formula is C30H34O3. The normalized spacial score (nSPS) is 28.5. The molecule has 3 nitrogen and oxygen atoms in total. The van der Waals surface area contributed by atoms with Crippen molar-refractivity contribution in [3.05, 3.63) is 70.8 Å². The maximum Gasteiger partial charge on any atom is 0.328 e. The van der Waals surface area contributed by atoms with Gasteiger partial charge in [-0.2, -0.15) is 0 Å². The lowest BCUT2D eigenvalue weighted by Crippen LogP contribution is -2.48. The highest BCUT2D eigenvalue weighted by molar-refractivity contribution is 5.81. The standard InChI is InChI=1S/C30H34O3/c1-19(9-29(31)32)7-8-21-5-4-6-25(14-21)26-15-27(28(33-3)10-20(26)2)30-16-22-11-23(17-30)13-24(12-22)18-30/h4-10,14-15,22-24H,11-13,16-18H2,1-3H3,(H,31,32)/b8-7+,19-9+. The first-order valence-electron chi connectivity index (χ1n) is 12.2. The first-order valence-corrected chi connectivity index (χ1v) is 12.2. The first-order chi connectivity index (χ1) is 15.8. The van der Waals surface area contributed by atoms with Crippen molar-refractivity contribution >= 4 is 12.0 Å². The lowest BCUT2D eigenvalue weighted by atomic mass is 9.48. The average molecular weight is 443 g/mol. The largest absolute Gasteiger partial charge is 0.496 e. The minimum atomic E-state index is -0.919. The molecule has 0 radical (unpaired) electrons. The molecule has 0 spiro atoms. The van der Waals surface area contributed by atoms with Gasteiger partial charge in [-0.25, -0.2) is 4.79 Å². The van der Waals surface area contributed by atoms with Gasteiger partial charge in [0, 0.05) is 11.6 Å². The van der Waals surface area contributed by atoms with E-state index in [1.807, 2.05) is 19.3 Å². The number of carbonyl (C=O) groups is 1. The Kier molecular flexibility index (Phi) is 5.68. The summed E-state index contributed by atoms with van der Waals surface area (Å²) in [5.74, 6) is 2.81. The highest BCUT2D eigenvalue weighted by atomic mass is 16.5. The molecule has 3 heteroatoms. The van der Waals surface area contributed by atoms with Crippen LogP contribution in [0.1, 0.15) is 62.1 Å². The van der Waals surface area contributed by atoms with E-state index in [0.29, 0.717) is 0 Å². The number of rotatable bonds is 6. The fourth-order valence-corrected chi connectivity index (χ4v) is 7.30. The van der Waals surface area contributed by atoms with Crippen molar-refractivity contribution in [3.8, 4) is 16.9 Å². The number of ether oxygens (including phenoxy) is 1. The molecule has 1 N–H and O–H groups in total. The second kappa shape index (κ2) is 8.52. The molecule has 0 saturated heterocycles. The Bertz CT molecular complexity index is 1100. The molecule has 0 heterocycles. The molecular weight excluding hydrogens is 408 g/mol. The Morgan fingerprint density at radius 2 is 1.73 bits per heavy atom.